The number of likely N-dealkylation sites (tertiary alicyclic amines) is 1. The molecule has 0 aromatic heterocycles. The van der Waals surface area contributed by atoms with Crippen LogP contribution < -0.4 is 10.6 Å². The first kappa shape index (κ1) is 13.9. The Balaban J connectivity index is 1.92. The molecule has 104 valence electrons. The number of urea groups is 1. The molecule has 2 rings (SSSR count). The summed E-state index contributed by atoms with van der Waals surface area (Å²) >= 11 is 0. The van der Waals surface area contributed by atoms with Crippen LogP contribution in [0, 0.1) is 6.92 Å². The van der Waals surface area contributed by atoms with Crippen molar-refractivity contribution < 1.29 is 4.79 Å². The third-order valence-electron chi connectivity index (χ3n) is 3.47. The van der Waals surface area contributed by atoms with Gasteiger partial charge in [-0.3, -0.25) is 0 Å². The van der Waals surface area contributed by atoms with Gasteiger partial charge in [-0.25, -0.2) is 4.79 Å². The summed E-state index contributed by atoms with van der Waals surface area (Å²) < 4.78 is 0. The molecule has 1 unspecified atom stereocenters. The van der Waals surface area contributed by atoms with E-state index >= 15 is 0 Å². The largest absolute Gasteiger partial charge is 0.323 e. The molecule has 1 fully saturated rings. The van der Waals surface area contributed by atoms with Gasteiger partial charge in [0.25, 0.3) is 0 Å². The van der Waals surface area contributed by atoms with Crippen LogP contribution in [0.25, 0.3) is 0 Å². The molecule has 1 aromatic rings. The molecule has 0 saturated carbocycles. The Morgan fingerprint density at radius 3 is 3.05 bits per heavy atom. The summed E-state index contributed by atoms with van der Waals surface area (Å²) in [4.78, 5) is 14.1. The van der Waals surface area contributed by atoms with Gasteiger partial charge < -0.3 is 15.5 Å². The van der Waals surface area contributed by atoms with Crippen molar-refractivity contribution in [2.24, 2.45) is 0 Å². The fourth-order valence-corrected chi connectivity index (χ4v) is 2.54. The normalized spacial score (nSPS) is 19.3. The van der Waals surface area contributed by atoms with E-state index in [1.807, 2.05) is 36.1 Å². The average Bonchev–Trinajstić information content (AvgIpc) is 2.39. The molecule has 0 radical (unpaired) electrons. The summed E-state index contributed by atoms with van der Waals surface area (Å²) in [6, 6.07) is 8.34. The Morgan fingerprint density at radius 2 is 2.32 bits per heavy atom. The fraction of sp³-hybridized carbons (Fsp3) is 0.533. The van der Waals surface area contributed by atoms with Crippen LogP contribution in [0.2, 0.25) is 0 Å². The van der Waals surface area contributed by atoms with E-state index < -0.39 is 0 Å². The predicted molar refractivity (Wildman–Crippen MR) is 78.5 cm³/mol. The van der Waals surface area contributed by atoms with Gasteiger partial charge in [-0.2, -0.15) is 0 Å². The van der Waals surface area contributed by atoms with Crippen molar-refractivity contribution >= 4 is 11.7 Å². The molecule has 1 aromatic carbocycles. The zero-order chi connectivity index (χ0) is 13.7. The minimum atomic E-state index is 0.00760. The van der Waals surface area contributed by atoms with E-state index in [1.54, 1.807) is 0 Å². The second-order valence-electron chi connectivity index (χ2n) is 5.14. The molecule has 1 aliphatic heterocycles. The first-order chi connectivity index (χ1) is 9.19. The molecule has 1 heterocycles. The molecule has 2 amide bonds. The lowest BCUT2D eigenvalue weighted by molar-refractivity contribution is 0.186. The van der Waals surface area contributed by atoms with Crippen LogP contribution in [-0.2, 0) is 0 Å². The number of carbonyl (C=O) groups excluding carboxylic acids is 1. The minimum Gasteiger partial charge on any atom is -0.323 e. The maximum Gasteiger partial charge on any atom is 0.321 e. The van der Waals surface area contributed by atoms with Crippen LogP contribution in [0.4, 0.5) is 10.5 Å². The van der Waals surface area contributed by atoms with E-state index in [4.69, 9.17) is 0 Å². The number of piperidine rings is 1. The summed E-state index contributed by atoms with van der Waals surface area (Å²) in [6.07, 6.45) is 2.22. The number of anilines is 1. The van der Waals surface area contributed by atoms with Gasteiger partial charge in [-0.15, -0.1) is 0 Å². The Hall–Kier alpha value is -1.55. The number of nitrogens with one attached hydrogen (secondary N) is 2. The van der Waals surface area contributed by atoms with Crippen LogP contribution in [0.3, 0.4) is 0 Å². The van der Waals surface area contributed by atoms with Crippen LogP contribution in [0.5, 0.6) is 0 Å². The maximum atomic E-state index is 12.2. The molecule has 0 aliphatic carbocycles. The first-order valence-corrected chi connectivity index (χ1v) is 7.05. The van der Waals surface area contributed by atoms with Crippen LogP contribution in [-0.4, -0.2) is 36.6 Å². The van der Waals surface area contributed by atoms with Gasteiger partial charge in [0.2, 0.25) is 0 Å². The van der Waals surface area contributed by atoms with Gasteiger partial charge >= 0.3 is 6.03 Å². The second-order valence-corrected chi connectivity index (χ2v) is 5.14. The van der Waals surface area contributed by atoms with E-state index in [0.717, 1.165) is 43.7 Å². The van der Waals surface area contributed by atoms with E-state index in [2.05, 4.69) is 17.6 Å². The molecule has 0 spiro atoms. The number of hydrogen-bond acceptors (Lipinski definition) is 2. The third-order valence-corrected chi connectivity index (χ3v) is 3.47. The average molecular weight is 261 g/mol. The first-order valence-electron chi connectivity index (χ1n) is 7.05. The van der Waals surface area contributed by atoms with Crippen molar-refractivity contribution in [2.45, 2.75) is 32.7 Å². The Bertz CT molecular complexity index is 431. The van der Waals surface area contributed by atoms with E-state index in [0.29, 0.717) is 6.04 Å². The lowest BCUT2D eigenvalue weighted by Crippen LogP contribution is -2.49. The number of aryl methyl sites for hydroxylation is 1. The molecular weight excluding hydrogens is 238 g/mol. The van der Waals surface area contributed by atoms with E-state index in [9.17, 15) is 4.79 Å². The number of likely N-dealkylation sites (N-methyl/N-ethyl adjacent to an activating group) is 1. The highest BCUT2D eigenvalue weighted by atomic mass is 16.2. The van der Waals surface area contributed by atoms with E-state index in [1.165, 1.54) is 0 Å². The molecule has 4 heteroatoms. The summed E-state index contributed by atoms with van der Waals surface area (Å²) in [7, 11) is 0. The molecule has 1 aliphatic rings. The molecule has 0 bridgehead atoms. The van der Waals surface area contributed by atoms with Crippen molar-refractivity contribution in [3.8, 4) is 0 Å². The smallest absolute Gasteiger partial charge is 0.321 e. The topological polar surface area (TPSA) is 44.4 Å². The zero-order valence-corrected chi connectivity index (χ0v) is 11.8. The second kappa shape index (κ2) is 6.57. The molecule has 1 atom stereocenters. The van der Waals surface area contributed by atoms with Crippen molar-refractivity contribution in [1.29, 1.82) is 0 Å². The lowest BCUT2D eigenvalue weighted by atomic mass is 10.1. The number of nitrogens with zero attached hydrogens (tertiary/aromatic N) is 1. The fourth-order valence-electron chi connectivity index (χ4n) is 2.54. The van der Waals surface area contributed by atoms with Gasteiger partial charge in [0.05, 0.1) is 0 Å². The van der Waals surface area contributed by atoms with Crippen molar-refractivity contribution in [1.82, 2.24) is 10.2 Å². The zero-order valence-electron chi connectivity index (χ0n) is 11.8. The SMILES string of the molecule is CCNC1CCCN(C(=O)Nc2cccc(C)c2)C1. The highest BCUT2D eigenvalue weighted by Crippen LogP contribution is 2.14. The number of rotatable bonds is 3. The standard InChI is InChI=1S/C15H23N3O/c1-3-16-14-8-5-9-18(11-14)15(19)17-13-7-4-6-12(2)10-13/h4,6-7,10,14,16H,3,5,8-9,11H2,1-2H3,(H,17,19). The highest BCUT2D eigenvalue weighted by molar-refractivity contribution is 5.89. The molecule has 2 N–H and O–H groups in total. The van der Waals surface area contributed by atoms with Crippen LogP contribution in [0.15, 0.2) is 24.3 Å². The molecule has 4 nitrogen and oxygen atoms in total. The predicted octanol–water partition coefficient (Wildman–Crippen LogP) is 2.60. The summed E-state index contributed by atoms with van der Waals surface area (Å²) in [5, 5.41) is 6.39. The lowest BCUT2D eigenvalue weighted by Gasteiger charge is -2.33. The van der Waals surface area contributed by atoms with Crippen molar-refractivity contribution in [3.05, 3.63) is 29.8 Å². The van der Waals surface area contributed by atoms with Gasteiger partial charge in [0.15, 0.2) is 0 Å². The summed E-state index contributed by atoms with van der Waals surface area (Å²) in [5.41, 5.74) is 2.03. The van der Waals surface area contributed by atoms with Gasteiger partial charge in [0, 0.05) is 24.8 Å². The Kier molecular flexibility index (Phi) is 4.80. The van der Waals surface area contributed by atoms with Gasteiger partial charge in [-0.1, -0.05) is 19.1 Å². The van der Waals surface area contributed by atoms with Crippen LogP contribution >= 0.6 is 0 Å². The third kappa shape index (κ3) is 3.96. The molecular formula is C15H23N3O. The Morgan fingerprint density at radius 1 is 1.47 bits per heavy atom. The monoisotopic (exact) mass is 261 g/mol. The van der Waals surface area contributed by atoms with Crippen LogP contribution in [0.1, 0.15) is 25.3 Å². The summed E-state index contributed by atoms with van der Waals surface area (Å²) in [6.45, 7) is 6.73. The molecule has 1 saturated heterocycles. The van der Waals surface area contributed by atoms with Gasteiger partial charge in [0.1, 0.15) is 0 Å². The quantitative estimate of drug-likeness (QED) is 0.878. The number of carbonyl (C=O) groups is 1. The van der Waals surface area contributed by atoms with Gasteiger partial charge in [-0.05, 0) is 44.0 Å². The summed E-state index contributed by atoms with van der Waals surface area (Å²) in [5.74, 6) is 0. The number of benzene rings is 1. The Labute approximate surface area is 115 Å². The maximum absolute atomic E-state index is 12.2. The number of hydrogen-bond donors (Lipinski definition) is 2. The van der Waals surface area contributed by atoms with Crippen molar-refractivity contribution in [2.75, 3.05) is 25.0 Å². The van der Waals surface area contributed by atoms with Crippen molar-refractivity contribution in [3.63, 3.8) is 0 Å². The molecule has 19 heavy (non-hydrogen) atoms. The minimum absolute atomic E-state index is 0.00760. The number of amides is 2. The van der Waals surface area contributed by atoms with E-state index in [-0.39, 0.29) is 6.03 Å². The highest BCUT2D eigenvalue weighted by Gasteiger charge is 2.22.